The molecule has 0 aliphatic rings. The quantitative estimate of drug-likeness (QED) is 0.769. The average Bonchev–Trinajstić information content (AvgIpc) is 2.27. The predicted octanol–water partition coefficient (Wildman–Crippen LogP) is 1.76. The largest absolute Gasteiger partial charge is 0.351 e. The number of rotatable bonds is 5. The number of thioether (sulfide) groups is 1. The molecule has 0 spiro atoms. The minimum Gasteiger partial charge on any atom is -0.351 e. The molecule has 0 aliphatic heterocycles. The van der Waals surface area contributed by atoms with Crippen molar-refractivity contribution in [3.63, 3.8) is 0 Å². The number of benzene rings is 1. The van der Waals surface area contributed by atoms with Gasteiger partial charge in [0.25, 0.3) is 0 Å². The fraction of sp³-hybridized carbons (Fsp3) is 0.417. The zero-order valence-corrected chi connectivity index (χ0v) is 10.5. The minimum atomic E-state index is -0.124. The van der Waals surface area contributed by atoms with Crippen molar-refractivity contribution in [2.24, 2.45) is 5.73 Å². The first-order valence-corrected chi connectivity index (χ1v) is 6.22. The fourth-order valence-electron chi connectivity index (χ4n) is 1.23. The van der Waals surface area contributed by atoms with Crippen LogP contribution in [-0.4, -0.2) is 17.7 Å². The highest BCUT2D eigenvalue weighted by molar-refractivity contribution is 7.99. The molecular weight excluding hydrogens is 220 g/mol. The van der Waals surface area contributed by atoms with Crippen LogP contribution in [0.2, 0.25) is 0 Å². The van der Waals surface area contributed by atoms with E-state index in [0.717, 1.165) is 5.56 Å². The SMILES string of the molecule is CC(C)Sc1ccc(CNC(=O)CN)cc1. The number of carbonyl (C=O) groups is 1. The zero-order valence-electron chi connectivity index (χ0n) is 9.69. The van der Waals surface area contributed by atoms with E-state index >= 15 is 0 Å². The third-order valence-electron chi connectivity index (χ3n) is 1.97. The standard InChI is InChI=1S/C12H18N2OS/c1-9(2)16-11-5-3-10(4-6-11)8-14-12(15)7-13/h3-6,9H,7-8,13H2,1-2H3,(H,14,15). The molecule has 1 aromatic rings. The molecular formula is C12H18N2OS. The van der Waals surface area contributed by atoms with Gasteiger partial charge in [-0.05, 0) is 17.7 Å². The van der Waals surface area contributed by atoms with Gasteiger partial charge < -0.3 is 11.1 Å². The first-order chi connectivity index (χ1) is 7.61. The summed E-state index contributed by atoms with van der Waals surface area (Å²) >= 11 is 1.83. The lowest BCUT2D eigenvalue weighted by Gasteiger charge is -2.07. The number of hydrogen-bond acceptors (Lipinski definition) is 3. The van der Waals surface area contributed by atoms with E-state index in [0.29, 0.717) is 11.8 Å². The molecule has 1 rings (SSSR count). The topological polar surface area (TPSA) is 55.1 Å². The average molecular weight is 238 g/mol. The van der Waals surface area contributed by atoms with Crippen LogP contribution in [0, 0.1) is 0 Å². The molecule has 1 aromatic carbocycles. The molecule has 0 unspecified atom stereocenters. The molecule has 0 radical (unpaired) electrons. The highest BCUT2D eigenvalue weighted by Gasteiger charge is 2.00. The molecule has 16 heavy (non-hydrogen) atoms. The summed E-state index contributed by atoms with van der Waals surface area (Å²) in [4.78, 5) is 12.2. The molecule has 0 aliphatic carbocycles. The summed E-state index contributed by atoms with van der Waals surface area (Å²) in [6.45, 7) is 4.92. The predicted molar refractivity (Wildman–Crippen MR) is 68.3 cm³/mol. The van der Waals surface area contributed by atoms with E-state index < -0.39 is 0 Å². The lowest BCUT2D eigenvalue weighted by Crippen LogP contribution is -2.29. The number of carbonyl (C=O) groups excluding carboxylic acids is 1. The van der Waals surface area contributed by atoms with Crippen LogP contribution in [0.15, 0.2) is 29.2 Å². The second-order valence-electron chi connectivity index (χ2n) is 3.79. The van der Waals surface area contributed by atoms with E-state index in [9.17, 15) is 4.79 Å². The van der Waals surface area contributed by atoms with Gasteiger partial charge in [0, 0.05) is 16.7 Å². The molecule has 1 amide bonds. The number of amides is 1. The molecule has 3 nitrogen and oxygen atoms in total. The van der Waals surface area contributed by atoms with Gasteiger partial charge >= 0.3 is 0 Å². The monoisotopic (exact) mass is 238 g/mol. The van der Waals surface area contributed by atoms with Crippen LogP contribution >= 0.6 is 11.8 Å². The van der Waals surface area contributed by atoms with Crippen molar-refractivity contribution in [2.75, 3.05) is 6.54 Å². The van der Waals surface area contributed by atoms with Gasteiger partial charge in [0.1, 0.15) is 0 Å². The third-order valence-corrected chi connectivity index (χ3v) is 2.99. The first-order valence-electron chi connectivity index (χ1n) is 5.34. The summed E-state index contributed by atoms with van der Waals surface area (Å²) in [7, 11) is 0. The van der Waals surface area contributed by atoms with Gasteiger partial charge in [0.2, 0.25) is 5.91 Å². The summed E-state index contributed by atoms with van der Waals surface area (Å²) in [5.74, 6) is -0.124. The molecule has 0 atom stereocenters. The Morgan fingerprint density at radius 2 is 2.00 bits per heavy atom. The first kappa shape index (κ1) is 13.1. The molecule has 0 bridgehead atoms. The van der Waals surface area contributed by atoms with Crippen LogP contribution in [0.4, 0.5) is 0 Å². The highest BCUT2D eigenvalue weighted by atomic mass is 32.2. The van der Waals surface area contributed by atoms with Crippen molar-refractivity contribution in [1.29, 1.82) is 0 Å². The Balaban J connectivity index is 2.48. The van der Waals surface area contributed by atoms with Gasteiger partial charge in [-0.1, -0.05) is 26.0 Å². The fourth-order valence-corrected chi connectivity index (χ4v) is 2.07. The van der Waals surface area contributed by atoms with E-state index in [1.807, 2.05) is 23.9 Å². The molecule has 0 fully saturated rings. The summed E-state index contributed by atoms with van der Waals surface area (Å²) in [5, 5.41) is 3.32. The van der Waals surface area contributed by atoms with Gasteiger partial charge in [-0.15, -0.1) is 11.8 Å². The van der Waals surface area contributed by atoms with E-state index in [1.54, 1.807) is 0 Å². The van der Waals surface area contributed by atoms with Crippen molar-refractivity contribution in [1.82, 2.24) is 5.32 Å². The number of nitrogens with one attached hydrogen (secondary N) is 1. The van der Waals surface area contributed by atoms with Crippen molar-refractivity contribution in [2.45, 2.75) is 30.5 Å². The summed E-state index contributed by atoms with van der Waals surface area (Å²) in [6, 6.07) is 8.21. The summed E-state index contributed by atoms with van der Waals surface area (Å²) in [5.41, 5.74) is 6.29. The Morgan fingerprint density at radius 3 is 2.50 bits per heavy atom. The van der Waals surface area contributed by atoms with E-state index in [2.05, 4.69) is 31.3 Å². The van der Waals surface area contributed by atoms with Gasteiger partial charge in [-0.2, -0.15) is 0 Å². The van der Waals surface area contributed by atoms with Gasteiger partial charge in [0.05, 0.1) is 6.54 Å². The lowest BCUT2D eigenvalue weighted by molar-refractivity contribution is -0.119. The summed E-state index contributed by atoms with van der Waals surface area (Å²) < 4.78 is 0. The normalized spacial score (nSPS) is 10.5. The van der Waals surface area contributed by atoms with Crippen LogP contribution in [0.25, 0.3) is 0 Å². The molecule has 4 heteroatoms. The molecule has 0 aromatic heterocycles. The van der Waals surface area contributed by atoms with Crippen LogP contribution in [0.1, 0.15) is 19.4 Å². The van der Waals surface area contributed by atoms with Crippen molar-refractivity contribution in [3.05, 3.63) is 29.8 Å². The molecule has 3 N–H and O–H groups in total. The second-order valence-corrected chi connectivity index (χ2v) is 5.44. The van der Waals surface area contributed by atoms with Gasteiger partial charge in [0.15, 0.2) is 0 Å². The van der Waals surface area contributed by atoms with E-state index in [-0.39, 0.29) is 12.5 Å². The van der Waals surface area contributed by atoms with Crippen LogP contribution in [0.5, 0.6) is 0 Å². The zero-order chi connectivity index (χ0) is 12.0. The number of nitrogens with two attached hydrogens (primary N) is 1. The Hall–Kier alpha value is -1.00. The molecule has 0 heterocycles. The van der Waals surface area contributed by atoms with Crippen molar-refractivity contribution < 1.29 is 4.79 Å². The maximum atomic E-state index is 11.0. The van der Waals surface area contributed by atoms with Crippen molar-refractivity contribution in [3.8, 4) is 0 Å². The Kier molecular flexibility index (Phi) is 5.35. The third kappa shape index (κ3) is 4.68. The molecule has 0 saturated carbocycles. The second kappa shape index (κ2) is 6.55. The van der Waals surface area contributed by atoms with E-state index in [4.69, 9.17) is 5.73 Å². The number of hydrogen-bond donors (Lipinski definition) is 2. The Bertz CT molecular complexity index is 335. The Labute approximate surface area is 101 Å². The smallest absolute Gasteiger partial charge is 0.234 e. The van der Waals surface area contributed by atoms with Crippen LogP contribution in [0.3, 0.4) is 0 Å². The van der Waals surface area contributed by atoms with Crippen LogP contribution in [-0.2, 0) is 11.3 Å². The van der Waals surface area contributed by atoms with Gasteiger partial charge in [-0.3, -0.25) is 4.79 Å². The van der Waals surface area contributed by atoms with Gasteiger partial charge in [-0.25, -0.2) is 0 Å². The van der Waals surface area contributed by atoms with E-state index in [1.165, 1.54) is 4.90 Å². The summed E-state index contributed by atoms with van der Waals surface area (Å²) in [6.07, 6.45) is 0. The lowest BCUT2D eigenvalue weighted by atomic mass is 10.2. The molecule has 88 valence electrons. The highest BCUT2D eigenvalue weighted by Crippen LogP contribution is 2.22. The maximum Gasteiger partial charge on any atom is 0.234 e. The molecule has 0 saturated heterocycles. The Morgan fingerprint density at radius 1 is 1.38 bits per heavy atom. The minimum absolute atomic E-state index is 0.0429. The van der Waals surface area contributed by atoms with Crippen LogP contribution < -0.4 is 11.1 Å². The van der Waals surface area contributed by atoms with Crippen molar-refractivity contribution >= 4 is 17.7 Å². The maximum absolute atomic E-state index is 11.0.